The monoisotopic (exact) mass is 323 g/mol. The first-order valence-corrected chi connectivity index (χ1v) is 8.82. The van der Waals surface area contributed by atoms with E-state index in [-0.39, 0.29) is 5.91 Å². The molecule has 24 heavy (non-hydrogen) atoms. The van der Waals surface area contributed by atoms with Gasteiger partial charge in [-0.05, 0) is 43.9 Å². The van der Waals surface area contributed by atoms with E-state index in [1.807, 2.05) is 29.3 Å². The van der Waals surface area contributed by atoms with Crippen LogP contribution in [0.25, 0.3) is 0 Å². The Morgan fingerprint density at radius 3 is 2.46 bits per heavy atom. The van der Waals surface area contributed by atoms with Gasteiger partial charge in [0, 0.05) is 26.2 Å². The van der Waals surface area contributed by atoms with Crippen molar-refractivity contribution >= 4 is 11.6 Å². The number of likely N-dealkylation sites (tertiary alicyclic amines) is 1. The summed E-state index contributed by atoms with van der Waals surface area (Å²) < 4.78 is 0. The molecule has 2 heterocycles. The Labute approximate surface area is 144 Å². The molecule has 1 aromatic carbocycles. The van der Waals surface area contributed by atoms with E-state index in [0.717, 1.165) is 44.7 Å². The van der Waals surface area contributed by atoms with E-state index < -0.39 is 0 Å². The van der Waals surface area contributed by atoms with Crippen molar-refractivity contribution in [2.45, 2.75) is 32.7 Å². The fraction of sp³-hybridized carbons (Fsp3) is 0.400. The van der Waals surface area contributed by atoms with Crippen LogP contribution in [0.4, 0.5) is 5.69 Å². The molecule has 0 atom stereocenters. The van der Waals surface area contributed by atoms with E-state index in [0.29, 0.717) is 5.69 Å². The van der Waals surface area contributed by atoms with Crippen LogP contribution in [0.1, 0.15) is 42.2 Å². The first-order chi connectivity index (χ1) is 11.8. The average molecular weight is 323 g/mol. The van der Waals surface area contributed by atoms with Crippen molar-refractivity contribution in [3.05, 3.63) is 59.9 Å². The highest BCUT2D eigenvalue weighted by atomic mass is 16.2. The van der Waals surface area contributed by atoms with Crippen LogP contribution in [-0.2, 0) is 6.54 Å². The number of carbonyl (C=O) groups excluding carboxylic acids is 1. The number of pyridine rings is 1. The number of hydrogen-bond donors (Lipinski definition) is 0. The zero-order valence-corrected chi connectivity index (χ0v) is 14.3. The van der Waals surface area contributed by atoms with Crippen LogP contribution in [0.3, 0.4) is 0 Å². The third-order valence-electron chi connectivity index (χ3n) is 4.57. The topological polar surface area (TPSA) is 36.4 Å². The highest BCUT2D eigenvalue weighted by Crippen LogP contribution is 2.18. The van der Waals surface area contributed by atoms with E-state index in [9.17, 15) is 4.79 Å². The number of anilines is 1. The summed E-state index contributed by atoms with van der Waals surface area (Å²) in [6.07, 6.45) is 5.25. The van der Waals surface area contributed by atoms with Crippen LogP contribution >= 0.6 is 0 Å². The summed E-state index contributed by atoms with van der Waals surface area (Å²) in [4.78, 5) is 21.1. The fourth-order valence-electron chi connectivity index (χ4n) is 3.15. The van der Waals surface area contributed by atoms with Crippen LogP contribution in [0.15, 0.2) is 48.7 Å². The van der Waals surface area contributed by atoms with Gasteiger partial charge in [0.1, 0.15) is 5.69 Å². The molecule has 2 aromatic rings. The SMILES string of the molecule is CCN(Cc1ccccc1)c1ccc(C(=O)N2CCCCC2)nc1. The van der Waals surface area contributed by atoms with Crippen molar-refractivity contribution in [1.82, 2.24) is 9.88 Å². The summed E-state index contributed by atoms with van der Waals surface area (Å²) in [7, 11) is 0. The lowest BCUT2D eigenvalue weighted by Gasteiger charge is -2.27. The number of piperidine rings is 1. The van der Waals surface area contributed by atoms with Gasteiger partial charge in [-0.15, -0.1) is 0 Å². The Bertz CT molecular complexity index is 648. The Morgan fingerprint density at radius 1 is 1.08 bits per heavy atom. The van der Waals surface area contributed by atoms with Gasteiger partial charge in [0.2, 0.25) is 0 Å². The molecule has 0 spiro atoms. The normalized spacial score (nSPS) is 14.5. The summed E-state index contributed by atoms with van der Waals surface area (Å²) in [6, 6.07) is 14.3. The molecule has 4 heteroatoms. The van der Waals surface area contributed by atoms with Gasteiger partial charge in [0.15, 0.2) is 0 Å². The van der Waals surface area contributed by atoms with Crippen molar-refractivity contribution in [1.29, 1.82) is 0 Å². The molecule has 0 N–H and O–H groups in total. The van der Waals surface area contributed by atoms with Crippen LogP contribution in [0.5, 0.6) is 0 Å². The van der Waals surface area contributed by atoms with E-state index in [4.69, 9.17) is 0 Å². The van der Waals surface area contributed by atoms with Gasteiger partial charge in [0.25, 0.3) is 5.91 Å². The molecule has 1 aromatic heterocycles. The maximum absolute atomic E-state index is 12.5. The van der Waals surface area contributed by atoms with Crippen LogP contribution in [0.2, 0.25) is 0 Å². The lowest BCUT2D eigenvalue weighted by atomic mass is 10.1. The predicted molar refractivity (Wildman–Crippen MR) is 97.2 cm³/mol. The highest BCUT2D eigenvalue weighted by Gasteiger charge is 2.19. The number of rotatable bonds is 5. The lowest BCUT2D eigenvalue weighted by Crippen LogP contribution is -2.36. The van der Waals surface area contributed by atoms with Crippen LogP contribution < -0.4 is 4.90 Å². The quantitative estimate of drug-likeness (QED) is 0.841. The molecule has 1 aliphatic rings. The van der Waals surface area contributed by atoms with Gasteiger partial charge in [-0.2, -0.15) is 0 Å². The number of hydrogen-bond acceptors (Lipinski definition) is 3. The molecule has 4 nitrogen and oxygen atoms in total. The largest absolute Gasteiger partial charge is 0.366 e. The van der Waals surface area contributed by atoms with Gasteiger partial charge in [-0.1, -0.05) is 30.3 Å². The molecule has 1 amide bonds. The Morgan fingerprint density at radius 2 is 1.83 bits per heavy atom. The maximum Gasteiger partial charge on any atom is 0.272 e. The summed E-state index contributed by atoms with van der Waals surface area (Å²) in [5.74, 6) is 0.0624. The Balaban J connectivity index is 1.69. The molecule has 0 aliphatic carbocycles. The van der Waals surface area contributed by atoms with Gasteiger partial charge in [-0.3, -0.25) is 4.79 Å². The number of benzene rings is 1. The van der Waals surface area contributed by atoms with Crippen molar-refractivity contribution in [2.75, 3.05) is 24.5 Å². The van der Waals surface area contributed by atoms with E-state index in [1.165, 1.54) is 12.0 Å². The number of aromatic nitrogens is 1. The molecular formula is C20H25N3O. The number of carbonyl (C=O) groups is 1. The molecular weight excluding hydrogens is 298 g/mol. The van der Waals surface area contributed by atoms with Crippen molar-refractivity contribution in [2.24, 2.45) is 0 Å². The fourth-order valence-corrected chi connectivity index (χ4v) is 3.15. The second-order valence-electron chi connectivity index (χ2n) is 6.25. The molecule has 0 radical (unpaired) electrons. The first-order valence-electron chi connectivity index (χ1n) is 8.82. The van der Waals surface area contributed by atoms with E-state index in [2.05, 4.69) is 41.1 Å². The molecule has 3 rings (SSSR count). The maximum atomic E-state index is 12.5. The van der Waals surface area contributed by atoms with Crippen molar-refractivity contribution in [3.8, 4) is 0 Å². The van der Waals surface area contributed by atoms with Crippen molar-refractivity contribution < 1.29 is 4.79 Å². The summed E-state index contributed by atoms with van der Waals surface area (Å²) in [5.41, 5.74) is 2.88. The van der Waals surface area contributed by atoms with Gasteiger partial charge in [-0.25, -0.2) is 4.98 Å². The van der Waals surface area contributed by atoms with Gasteiger partial charge in [0.05, 0.1) is 11.9 Å². The summed E-state index contributed by atoms with van der Waals surface area (Å²) in [5, 5.41) is 0. The molecule has 1 fully saturated rings. The van der Waals surface area contributed by atoms with Gasteiger partial charge < -0.3 is 9.80 Å². The van der Waals surface area contributed by atoms with Crippen LogP contribution in [-0.4, -0.2) is 35.4 Å². The van der Waals surface area contributed by atoms with Crippen LogP contribution in [0, 0.1) is 0 Å². The molecule has 0 unspecified atom stereocenters. The minimum atomic E-state index is 0.0624. The Kier molecular flexibility index (Phi) is 5.47. The molecule has 126 valence electrons. The molecule has 1 saturated heterocycles. The van der Waals surface area contributed by atoms with Crippen molar-refractivity contribution in [3.63, 3.8) is 0 Å². The minimum absolute atomic E-state index is 0.0624. The number of nitrogens with zero attached hydrogens (tertiary/aromatic N) is 3. The highest BCUT2D eigenvalue weighted by molar-refractivity contribution is 5.92. The van der Waals surface area contributed by atoms with E-state index in [1.54, 1.807) is 0 Å². The third kappa shape index (κ3) is 3.94. The lowest BCUT2D eigenvalue weighted by molar-refractivity contribution is 0.0718. The standard InChI is InChI=1S/C20H25N3O/c1-2-22(16-17-9-5-3-6-10-17)18-11-12-19(21-15-18)20(24)23-13-7-4-8-14-23/h3,5-6,9-12,15H,2,4,7-8,13-14,16H2,1H3. The zero-order chi connectivity index (χ0) is 16.8. The smallest absolute Gasteiger partial charge is 0.272 e. The van der Waals surface area contributed by atoms with E-state index >= 15 is 0 Å². The summed E-state index contributed by atoms with van der Waals surface area (Å²) in [6.45, 7) is 5.60. The minimum Gasteiger partial charge on any atom is -0.366 e. The first kappa shape index (κ1) is 16.5. The third-order valence-corrected chi connectivity index (χ3v) is 4.57. The zero-order valence-electron chi connectivity index (χ0n) is 14.3. The average Bonchev–Trinajstić information content (AvgIpc) is 2.67. The Hall–Kier alpha value is -2.36. The number of amides is 1. The molecule has 1 aliphatic heterocycles. The predicted octanol–water partition coefficient (Wildman–Crippen LogP) is 3.73. The second kappa shape index (κ2) is 7.95. The summed E-state index contributed by atoms with van der Waals surface area (Å²) >= 11 is 0. The molecule has 0 saturated carbocycles. The second-order valence-corrected chi connectivity index (χ2v) is 6.25. The van der Waals surface area contributed by atoms with Gasteiger partial charge >= 0.3 is 0 Å². The molecule has 0 bridgehead atoms.